The van der Waals surface area contributed by atoms with Crippen molar-refractivity contribution in [3.8, 4) is 0 Å². The van der Waals surface area contributed by atoms with E-state index >= 15 is 0 Å². The van der Waals surface area contributed by atoms with Crippen LogP contribution in [-0.2, 0) is 27.4 Å². The molecule has 0 aliphatic heterocycles. The van der Waals surface area contributed by atoms with Crippen LogP contribution < -0.4 is 5.32 Å². The zero-order valence-electron chi connectivity index (χ0n) is 15.6. The molecule has 1 amide bonds. The maximum atomic E-state index is 12.1. The summed E-state index contributed by atoms with van der Waals surface area (Å²) in [6, 6.07) is 16.5. The number of H-pyrrole nitrogens is 1. The van der Waals surface area contributed by atoms with Crippen molar-refractivity contribution in [3.63, 3.8) is 0 Å². The third-order valence-corrected chi connectivity index (χ3v) is 4.54. The van der Waals surface area contributed by atoms with Crippen LogP contribution in [0.25, 0.3) is 10.9 Å². The Morgan fingerprint density at radius 3 is 2.61 bits per heavy atom. The monoisotopic (exact) mass is 380 g/mol. The minimum Gasteiger partial charge on any atom is -0.480 e. The van der Waals surface area contributed by atoms with Crippen LogP contribution in [0.15, 0.2) is 60.8 Å². The van der Waals surface area contributed by atoms with Gasteiger partial charge in [-0.2, -0.15) is 0 Å². The summed E-state index contributed by atoms with van der Waals surface area (Å²) in [6.45, 7) is 0.948. The van der Waals surface area contributed by atoms with Crippen LogP contribution in [0, 0.1) is 0 Å². The summed E-state index contributed by atoms with van der Waals surface area (Å²) >= 11 is 0. The zero-order valence-corrected chi connectivity index (χ0v) is 15.6. The number of rotatable bonds is 10. The molecular weight excluding hydrogens is 356 g/mol. The molecule has 0 spiro atoms. The Morgan fingerprint density at radius 1 is 1.07 bits per heavy atom. The lowest BCUT2D eigenvalue weighted by Crippen LogP contribution is -2.42. The number of amides is 1. The highest BCUT2D eigenvalue weighted by atomic mass is 16.5. The van der Waals surface area contributed by atoms with E-state index in [1.54, 1.807) is 6.20 Å². The van der Waals surface area contributed by atoms with Gasteiger partial charge >= 0.3 is 5.97 Å². The second-order valence-electron chi connectivity index (χ2n) is 6.66. The molecule has 146 valence electrons. The smallest absolute Gasteiger partial charge is 0.326 e. The average molecular weight is 380 g/mol. The first-order valence-corrected chi connectivity index (χ1v) is 9.32. The normalized spacial score (nSPS) is 12.0. The lowest BCUT2D eigenvalue weighted by Gasteiger charge is -2.14. The maximum Gasteiger partial charge on any atom is 0.326 e. The predicted molar refractivity (Wildman–Crippen MR) is 107 cm³/mol. The average Bonchev–Trinajstić information content (AvgIpc) is 3.11. The molecule has 0 radical (unpaired) electrons. The van der Waals surface area contributed by atoms with Crippen molar-refractivity contribution in [2.75, 3.05) is 6.61 Å². The van der Waals surface area contributed by atoms with Crippen molar-refractivity contribution in [1.82, 2.24) is 10.3 Å². The number of carbonyl (C=O) groups excluding carboxylic acids is 1. The quantitative estimate of drug-likeness (QED) is 0.471. The number of carbonyl (C=O) groups is 2. The van der Waals surface area contributed by atoms with Gasteiger partial charge in [-0.05, 0) is 23.6 Å². The van der Waals surface area contributed by atoms with E-state index in [1.807, 2.05) is 54.6 Å². The number of hydrogen-bond donors (Lipinski definition) is 3. The first kappa shape index (κ1) is 19.6. The largest absolute Gasteiger partial charge is 0.480 e. The molecule has 2 aromatic carbocycles. The molecule has 0 saturated carbocycles. The van der Waals surface area contributed by atoms with Crippen molar-refractivity contribution < 1.29 is 19.4 Å². The first-order valence-electron chi connectivity index (χ1n) is 9.32. The Morgan fingerprint density at radius 2 is 1.82 bits per heavy atom. The molecule has 0 aliphatic carbocycles. The summed E-state index contributed by atoms with van der Waals surface area (Å²) in [5.74, 6) is -1.32. The van der Waals surface area contributed by atoms with E-state index in [9.17, 15) is 14.7 Å². The molecule has 1 atom stereocenters. The van der Waals surface area contributed by atoms with Crippen LogP contribution in [-0.4, -0.2) is 34.6 Å². The molecular formula is C22H24N2O4. The topological polar surface area (TPSA) is 91.4 Å². The van der Waals surface area contributed by atoms with Gasteiger partial charge in [0, 0.05) is 36.5 Å². The van der Waals surface area contributed by atoms with Crippen molar-refractivity contribution in [2.45, 2.75) is 31.9 Å². The molecule has 0 saturated heterocycles. The fourth-order valence-electron chi connectivity index (χ4n) is 3.09. The number of aromatic amines is 1. The molecule has 3 N–H and O–H groups in total. The van der Waals surface area contributed by atoms with Gasteiger partial charge in [-0.1, -0.05) is 48.5 Å². The number of nitrogens with one attached hydrogen (secondary N) is 2. The number of para-hydroxylation sites is 1. The molecule has 1 aromatic heterocycles. The van der Waals surface area contributed by atoms with Crippen molar-refractivity contribution in [2.24, 2.45) is 0 Å². The van der Waals surface area contributed by atoms with Crippen molar-refractivity contribution in [3.05, 3.63) is 71.9 Å². The standard InChI is InChI=1S/C22H24N2O4/c25-21(11-6-12-28-15-16-7-2-1-3-8-16)24-20(22(26)27)13-17-14-23-19-10-5-4-9-18(17)19/h1-5,7-10,14,20,23H,6,11-13,15H2,(H,24,25)(H,26,27). The highest BCUT2D eigenvalue weighted by molar-refractivity contribution is 5.86. The first-order chi connectivity index (χ1) is 13.6. The lowest BCUT2D eigenvalue weighted by molar-refractivity contribution is -0.141. The predicted octanol–water partition coefficient (Wildman–Crippen LogP) is 3.28. The van der Waals surface area contributed by atoms with Crippen LogP contribution in [0.4, 0.5) is 0 Å². The van der Waals surface area contributed by atoms with Crippen LogP contribution >= 0.6 is 0 Å². The van der Waals surface area contributed by atoms with Gasteiger partial charge in [0.25, 0.3) is 0 Å². The van der Waals surface area contributed by atoms with Gasteiger partial charge < -0.3 is 20.1 Å². The summed E-state index contributed by atoms with van der Waals surface area (Å²) < 4.78 is 5.56. The number of carboxylic acids is 1. The molecule has 0 fully saturated rings. The second-order valence-corrected chi connectivity index (χ2v) is 6.66. The summed E-state index contributed by atoms with van der Waals surface area (Å²) in [4.78, 5) is 26.9. The Bertz CT molecular complexity index is 920. The van der Waals surface area contributed by atoms with Crippen molar-refractivity contribution >= 4 is 22.8 Å². The van der Waals surface area contributed by atoms with E-state index in [1.165, 1.54) is 0 Å². The molecule has 0 bridgehead atoms. The van der Waals surface area contributed by atoms with Crippen LogP contribution in [0.3, 0.4) is 0 Å². The Kier molecular flexibility index (Phi) is 6.81. The Labute approximate surface area is 163 Å². The summed E-state index contributed by atoms with van der Waals surface area (Å²) in [6.07, 6.45) is 2.80. The van der Waals surface area contributed by atoms with E-state index in [0.29, 0.717) is 19.6 Å². The van der Waals surface area contributed by atoms with E-state index in [0.717, 1.165) is 22.0 Å². The highest BCUT2D eigenvalue weighted by Crippen LogP contribution is 2.19. The van der Waals surface area contributed by atoms with Gasteiger partial charge in [-0.15, -0.1) is 0 Å². The Hall–Kier alpha value is -3.12. The molecule has 3 aromatic rings. The van der Waals surface area contributed by atoms with Gasteiger partial charge in [0.1, 0.15) is 6.04 Å². The molecule has 6 nitrogen and oxygen atoms in total. The van der Waals surface area contributed by atoms with Crippen molar-refractivity contribution in [1.29, 1.82) is 0 Å². The maximum absolute atomic E-state index is 12.1. The second kappa shape index (κ2) is 9.71. The van der Waals surface area contributed by atoms with Gasteiger partial charge in [-0.25, -0.2) is 4.79 Å². The molecule has 6 heteroatoms. The number of ether oxygens (including phenoxy) is 1. The summed E-state index contributed by atoms with van der Waals surface area (Å²) in [5, 5.41) is 13.1. The number of carboxylic acid groups (broad SMARTS) is 1. The van der Waals surface area contributed by atoms with E-state index in [2.05, 4.69) is 10.3 Å². The van der Waals surface area contributed by atoms with Gasteiger partial charge in [0.05, 0.1) is 6.61 Å². The van der Waals surface area contributed by atoms with E-state index in [4.69, 9.17) is 4.74 Å². The van der Waals surface area contributed by atoms with E-state index in [-0.39, 0.29) is 18.7 Å². The third-order valence-electron chi connectivity index (χ3n) is 4.54. The molecule has 0 aliphatic rings. The Balaban J connectivity index is 1.44. The minimum absolute atomic E-state index is 0.229. The lowest BCUT2D eigenvalue weighted by atomic mass is 10.0. The summed E-state index contributed by atoms with van der Waals surface area (Å²) in [5.41, 5.74) is 2.90. The fourth-order valence-corrected chi connectivity index (χ4v) is 3.09. The van der Waals surface area contributed by atoms with Crippen LogP contribution in [0.2, 0.25) is 0 Å². The van der Waals surface area contributed by atoms with Gasteiger partial charge in [0.15, 0.2) is 0 Å². The van der Waals surface area contributed by atoms with Gasteiger partial charge in [-0.3, -0.25) is 4.79 Å². The fraction of sp³-hybridized carbons (Fsp3) is 0.273. The van der Waals surface area contributed by atoms with Crippen LogP contribution in [0.5, 0.6) is 0 Å². The molecule has 3 rings (SSSR count). The van der Waals surface area contributed by atoms with Crippen LogP contribution in [0.1, 0.15) is 24.0 Å². The summed E-state index contributed by atoms with van der Waals surface area (Å²) in [7, 11) is 0. The number of benzene rings is 2. The molecule has 1 heterocycles. The number of aliphatic carboxylic acids is 1. The number of aromatic nitrogens is 1. The SMILES string of the molecule is O=C(CCCOCc1ccccc1)NC(Cc1c[nH]c2ccccc12)C(=O)O. The van der Waals surface area contributed by atoms with Gasteiger partial charge in [0.2, 0.25) is 5.91 Å². The third kappa shape index (κ3) is 5.44. The number of hydrogen-bond acceptors (Lipinski definition) is 3. The van der Waals surface area contributed by atoms with E-state index < -0.39 is 12.0 Å². The molecule has 1 unspecified atom stereocenters. The molecule has 28 heavy (non-hydrogen) atoms. The highest BCUT2D eigenvalue weighted by Gasteiger charge is 2.21. The minimum atomic E-state index is -1.04. The number of fused-ring (bicyclic) bond motifs is 1. The zero-order chi connectivity index (χ0) is 19.8.